The molecule has 1 aliphatic heterocycles. The number of nitrogens with zero attached hydrogens (tertiary/aromatic N) is 2. The van der Waals surface area contributed by atoms with Crippen molar-refractivity contribution < 1.29 is 4.39 Å². The highest BCUT2D eigenvalue weighted by Gasteiger charge is 2.24. The molecule has 3 aromatic carbocycles. The van der Waals surface area contributed by atoms with Gasteiger partial charge >= 0.3 is 0 Å². The van der Waals surface area contributed by atoms with E-state index >= 15 is 0 Å². The molecule has 1 unspecified atom stereocenters. The Morgan fingerprint density at radius 2 is 1.97 bits per heavy atom. The highest BCUT2D eigenvalue weighted by atomic mass is 19.1. The number of H-pyrrole nitrogens is 1. The minimum Gasteiger partial charge on any atom is -0.310 e. The Labute approximate surface area is 193 Å². The van der Waals surface area contributed by atoms with E-state index in [0.717, 1.165) is 32.5 Å². The summed E-state index contributed by atoms with van der Waals surface area (Å²) in [5.74, 6) is 0.436. The minimum atomic E-state index is -0.422. The fourth-order valence-electron chi connectivity index (χ4n) is 4.98. The van der Waals surface area contributed by atoms with Crippen LogP contribution in [0.1, 0.15) is 41.3 Å². The third-order valence-electron chi connectivity index (χ3n) is 6.60. The van der Waals surface area contributed by atoms with E-state index in [0.29, 0.717) is 16.7 Å². The average Bonchev–Trinajstić information content (AvgIpc) is 2.80. The molecule has 1 N–H and O–H groups in total. The highest BCUT2D eigenvalue weighted by molar-refractivity contribution is 5.77. The molecule has 33 heavy (non-hydrogen) atoms. The summed E-state index contributed by atoms with van der Waals surface area (Å²) in [7, 11) is 0. The molecule has 2 heterocycles. The Hall–Kier alpha value is -3.31. The van der Waals surface area contributed by atoms with Gasteiger partial charge in [0.25, 0.3) is 5.56 Å². The number of rotatable bonds is 4. The molecule has 4 aromatic rings. The number of nitrogens with one attached hydrogen (secondary N) is 1. The summed E-state index contributed by atoms with van der Waals surface area (Å²) in [5.41, 5.74) is 6.64. The summed E-state index contributed by atoms with van der Waals surface area (Å²) in [6.07, 6.45) is 2.03. The molecule has 0 saturated carbocycles. The number of aromatic amines is 1. The number of aryl methyl sites for hydroxylation is 2. The first kappa shape index (κ1) is 21.5. The average molecular weight is 442 g/mol. The lowest BCUT2D eigenvalue weighted by molar-refractivity contribution is 0.196. The molecule has 168 valence electrons. The maximum Gasteiger partial charge on any atom is 0.258 e. The largest absolute Gasteiger partial charge is 0.310 e. The van der Waals surface area contributed by atoms with Gasteiger partial charge in [0.2, 0.25) is 0 Å². The summed E-state index contributed by atoms with van der Waals surface area (Å²) < 4.78 is 13.5. The fourth-order valence-corrected chi connectivity index (χ4v) is 4.98. The van der Waals surface area contributed by atoms with Gasteiger partial charge in [0.05, 0.1) is 10.9 Å². The molecular weight excluding hydrogens is 413 g/mol. The Balaban J connectivity index is 1.35. The van der Waals surface area contributed by atoms with Gasteiger partial charge in [0.15, 0.2) is 0 Å². The van der Waals surface area contributed by atoms with Gasteiger partial charge in [-0.1, -0.05) is 42.0 Å². The van der Waals surface area contributed by atoms with Crippen LogP contribution >= 0.6 is 0 Å². The summed E-state index contributed by atoms with van der Waals surface area (Å²) in [6, 6.07) is 19.6. The van der Waals surface area contributed by atoms with Crippen molar-refractivity contribution in [2.24, 2.45) is 0 Å². The number of fused-ring (bicyclic) bond motifs is 1. The molecule has 0 amide bonds. The SMILES string of the molecule is Cc1ccc(-c2cccc(CN3CCCC(c4nc5ccc(F)cc5c(=O)[nH]4)C3)c2)c(C)c1. The van der Waals surface area contributed by atoms with Crippen molar-refractivity contribution in [1.29, 1.82) is 0 Å². The second-order valence-electron chi connectivity index (χ2n) is 9.21. The van der Waals surface area contributed by atoms with Crippen molar-refractivity contribution >= 4 is 10.9 Å². The van der Waals surface area contributed by atoms with Crippen LogP contribution in [0.15, 0.2) is 65.5 Å². The monoisotopic (exact) mass is 441 g/mol. The lowest BCUT2D eigenvalue weighted by Gasteiger charge is -2.32. The molecule has 1 saturated heterocycles. The van der Waals surface area contributed by atoms with Crippen LogP contribution in [0.5, 0.6) is 0 Å². The Morgan fingerprint density at radius 1 is 1.09 bits per heavy atom. The number of hydrogen-bond acceptors (Lipinski definition) is 3. The second kappa shape index (κ2) is 8.91. The normalized spacial score (nSPS) is 16.9. The van der Waals surface area contributed by atoms with Crippen molar-refractivity contribution in [3.05, 3.63) is 99.3 Å². The smallest absolute Gasteiger partial charge is 0.258 e. The van der Waals surface area contributed by atoms with E-state index in [4.69, 9.17) is 0 Å². The molecule has 5 rings (SSSR count). The number of aromatic nitrogens is 2. The van der Waals surface area contributed by atoms with E-state index in [1.165, 1.54) is 39.9 Å². The lowest BCUT2D eigenvalue weighted by atomic mass is 9.95. The van der Waals surface area contributed by atoms with Crippen LogP contribution in [-0.4, -0.2) is 28.0 Å². The number of piperidine rings is 1. The number of benzene rings is 3. The van der Waals surface area contributed by atoms with Gasteiger partial charge in [-0.3, -0.25) is 9.69 Å². The van der Waals surface area contributed by atoms with Crippen molar-refractivity contribution in [3.8, 4) is 11.1 Å². The maximum absolute atomic E-state index is 13.5. The van der Waals surface area contributed by atoms with Crippen LogP contribution < -0.4 is 5.56 Å². The molecule has 0 aliphatic carbocycles. The van der Waals surface area contributed by atoms with E-state index in [9.17, 15) is 9.18 Å². The zero-order chi connectivity index (χ0) is 22.9. The zero-order valence-corrected chi connectivity index (χ0v) is 19.1. The van der Waals surface area contributed by atoms with Gasteiger partial charge in [0.1, 0.15) is 11.6 Å². The third-order valence-corrected chi connectivity index (χ3v) is 6.60. The van der Waals surface area contributed by atoms with Gasteiger partial charge < -0.3 is 4.98 Å². The van der Waals surface area contributed by atoms with Gasteiger partial charge in [0, 0.05) is 19.0 Å². The molecular formula is C28H28FN3O. The Bertz CT molecular complexity index is 1380. The third kappa shape index (κ3) is 4.60. The highest BCUT2D eigenvalue weighted by Crippen LogP contribution is 2.28. The molecule has 1 fully saturated rings. The van der Waals surface area contributed by atoms with Crippen LogP contribution in [-0.2, 0) is 6.54 Å². The number of halogens is 1. The number of likely N-dealkylation sites (tertiary alicyclic amines) is 1. The van der Waals surface area contributed by atoms with Crippen LogP contribution in [0.2, 0.25) is 0 Å². The molecule has 5 heteroatoms. The van der Waals surface area contributed by atoms with Crippen molar-refractivity contribution in [3.63, 3.8) is 0 Å². The van der Waals surface area contributed by atoms with Crippen LogP contribution in [0, 0.1) is 19.7 Å². The van der Waals surface area contributed by atoms with Crippen molar-refractivity contribution in [1.82, 2.24) is 14.9 Å². The summed E-state index contributed by atoms with van der Waals surface area (Å²) in [6.45, 7) is 7.00. The topological polar surface area (TPSA) is 49.0 Å². The van der Waals surface area contributed by atoms with Gasteiger partial charge in [-0.2, -0.15) is 0 Å². The van der Waals surface area contributed by atoms with Crippen LogP contribution in [0.3, 0.4) is 0 Å². The second-order valence-corrected chi connectivity index (χ2v) is 9.21. The van der Waals surface area contributed by atoms with Crippen LogP contribution in [0.4, 0.5) is 4.39 Å². The standard InChI is InChI=1S/C28H28FN3O/c1-18-8-10-24(19(2)13-18)21-6-3-5-20(14-21)16-32-12-4-7-22(17-32)27-30-26-11-9-23(29)15-25(26)28(33)31-27/h3,5-6,8-11,13-15,22H,4,7,12,16-17H2,1-2H3,(H,30,31,33). The van der Waals surface area contributed by atoms with E-state index in [-0.39, 0.29) is 11.5 Å². The zero-order valence-electron chi connectivity index (χ0n) is 19.1. The Morgan fingerprint density at radius 3 is 2.82 bits per heavy atom. The first-order chi connectivity index (χ1) is 16.0. The van der Waals surface area contributed by atoms with Crippen molar-refractivity contribution in [2.45, 2.75) is 39.2 Å². The fraction of sp³-hybridized carbons (Fsp3) is 0.286. The van der Waals surface area contributed by atoms with E-state index < -0.39 is 5.82 Å². The number of hydrogen-bond donors (Lipinski definition) is 1. The minimum absolute atomic E-state index is 0.156. The molecule has 1 aliphatic rings. The van der Waals surface area contributed by atoms with Gasteiger partial charge in [-0.25, -0.2) is 9.37 Å². The molecule has 1 aromatic heterocycles. The summed E-state index contributed by atoms with van der Waals surface area (Å²) in [4.78, 5) is 22.5. The van der Waals surface area contributed by atoms with E-state index in [1.807, 2.05) is 0 Å². The van der Waals surface area contributed by atoms with Crippen LogP contribution in [0.25, 0.3) is 22.0 Å². The van der Waals surface area contributed by atoms with Gasteiger partial charge in [-0.05, 0) is 79.8 Å². The maximum atomic E-state index is 13.5. The quantitative estimate of drug-likeness (QED) is 0.440. The summed E-state index contributed by atoms with van der Waals surface area (Å²) in [5, 5.41) is 0.301. The first-order valence-electron chi connectivity index (χ1n) is 11.5. The van der Waals surface area contributed by atoms with E-state index in [2.05, 4.69) is 71.2 Å². The Kier molecular flexibility index (Phi) is 5.81. The predicted molar refractivity (Wildman–Crippen MR) is 131 cm³/mol. The molecule has 0 radical (unpaired) electrons. The molecule has 1 atom stereocenters. The molecule has 0 spiro atoms. The molecule has 0 bridgehead atoms. The van der Waals surface area contributed by atoms with Crippen molar-refractivity contribution in [2.75, 3.05) is 13.1 Å². The van der Waals surface area contributed by atoms with Gasteiger partial charge in [-0.15, -0.1) is 0 Å². The molecule has 4 nitrogen and oxygen atoms in total. The van der Waals surface area contributed by atoms with E-state index in [1.54, 1.807) is 6.07 Å². The summed E-state index contributed by atoms with van der Waals surface area (Å²) >= 11 is 0. The first-order valence-corrected chi connectivity index (χ1v) is 11.5. The predicted octanol–water partition coefficient (Wildman–Crippen LogP) is 5.73. The lowest BCUT2D eigenvalue weighted by Crippen LogP contribution is -2.35.